The normalized spacial score (nSPS) is 12.2. The summed E-state index contributed by atoms with van der Waals surface area (Å²) < 4.78 is 0. The van der Waals surface area contributed by atoms with Crippen LogP contribution in [-0.4, -0.2) is 11.2 Å². The first-order chi connectivity index (χ1) is 7.15. The lowest BCUT2D eigenvalue weighted by Crippen LogP contribution is -2.36. The fourth-order valence-corrected chi connectivity index (χ4v) is 2.21. The highest BCUT2D eigenvalue weighted by atomic mass is 35.5. The summed E-state index contributed by atoms with van der Waals surface area (Å²) in [6.45, 7) is 1.81. The molecule has 3 nitrogen and oxygen atoms in total. The Morgan fingerprint density at radius 3 is 2.87 bits per heavy atom. The molecule has 1 aromatic carbocycles. The van der Waals surface area contributed by atoms with Crippen LogP contribution < -0.4 is 11.3 Å². The minimum atomic E-state index is -0.175. The van der Waals surface area contributed by atoms with Crippen LogP contribution in [0.4, 0.5) is 0 Å². The molecule has 0 fully saturated rings. The van der Waals surface area contributed by atoms with Crippen molar-refractivity contribution in [1.29, 1.82) is 0 Å². The van der Waals surface area contributed by atoms with Gasteiger partial charge in [0.25, 0.3) is 0 Å². The molecule has 0 aromatic heterocycles. The summed E-state index contributed by atoms with van der Waals surface area (Å²) in [6.07, 6.45) is 0. The van der Waals surface area contributed by atoms with Crippen LogP contribution in [0.2, 0.25) is 5.02 Å². The fraction of sp³-hybridized carbons (Fsp3) is 0.300. The molecule has 0 bridgehead atoms. The zero-order valence-electron chi connectivity index (χ0n) is 8.37. The van der Waals surface area contributed by atoms with Crippen molar-refractivity contribution < 1.29 is 4.79 Å². The van der Waals surface area contributed by atoms with Crippen molar-refractivity contribution in [2.24, 2.45) is 5.84 Å². The third-order valence-corrected chi connectivity index (χ3v) is 3.52. The monoisotopic (exact) mass is 244 g/mol. The molecule has 15 heavy (non-hydrogen) atoms. The summed E-state index contributed by atoms with van der Waals surface area (Å²) in [6, 6.07) is 7.59. The number of hydrogen-bond donors (Lipinski definition) is 2. The van der Waals surface area contributed by atoms with Gasteiger partial charge in [0.05, 0.1) is 5.25 Å². The molecule has 0 radical (unpaired) electrons. The Bertz CT molecular complexity index is 346. The summed E-state index contributed by atoms with van der Waals surface area (Å²) in [5.41, 5.74) is 3.15. The maximum atomic E-state index is 11.1. The molecular weight excluding hydrogens is 232 g/mol. The smallest absolute Gasteiger partial charge is 0.246 e. The maximum absolute atomic E-state index is 11.1. The first kappa shape index (κ1) is 12.4. The number of hydrazine groups is 1. The van der Waals surface area contributed by atoms with E-state index in [0.717, 1.165) is 10.6 Å². The first-order valence-corrected chi connectivity index (χ1v) is 5.93. The quantitative estimate of drug-likeness (QED) is 0.484. The van der Waals surface area contributed by atoms with E-state index in [1.165, 1.54) is 11.8 Å². The first-order valence-electron chi connectivity index (χ1n) is 4.50. The van der Waals surface area contributed by atoms with Crippen LogP contribution in [0.1, 0.15) is 12.5 Å². The average Bonchev–Trinajstić information content (AvgIpc) is 2.26. The second-order valence-electron chi connectivity index (χ2n) is 3.05. The molecule has 0 aliphatic heterocycles. The van der Waals surface area contributed by atoms with E-state index in [4.69, 9.17) is 17.4 Å². The maximum Gasteiger partial charge on any atom is 0.246 e. The number of hydrogen-bond acceptors (Lipinski definition) is 3. The topological polar surface area (TPSA) is 55.1 Å². The molecule has 0 aliphatic rings. The molecule has 1 atom stereocenters. The zero-order valence-corrected chi connectivity index (χ0v) is 9.94. The van der Waals surface area contributed by atoms with E-state index in [9.17, 15) is 4.79 Å². The molecule has 1 aromatic rings. The summed E-state index contributed by atoms with van der Waals surface area (Å²) >= 11 is 7.48. The molecule has 1 unspecified atom stereocenters. The van der Waals surface area contributed by atoms with E-state index < -0.39 is 0 Å². The largest absolute Gasteiger partial charge is 0.293 e. The number of thioether (sulfide) groups is 1. The van der Waals surface area contributed by atoms with Gasteiger partial charge in [-0.25, -0.2) is 5.84 Å². The minimum absolute atomic E-state index is 0.174. The molecule has 0 saturated heterocycles. The number of benzene rings is 1. The SMILES string of the molecule is CC(SCc1ccccc1Cl)C(=O)NN. The van der Waals surface area contributed by atoms with E-state index in [1.54, 1.807) is 0 Å². The van der Waals surface area contributed by atoms with Crippen molar-refractivity contribution in [3.63, 3.8) is 0 Å². The molecule has 0 heterocycles. The number of nitrogens with one attached hydrogen (secondary N) is 1. The lowest BCUT2D eigenvalue weighted by Gasteiger charge is -2.09. The van der Waals surface area contributed by atoms with E-state index in [2.05, 4.69) is 5.43 Å². The molecule has 0 aliphatic carbocycles. The van der Waals surface area contributed by atoms with Gasteiger partial charge in [-0.1, -0.05) is 29.8 Å². The molecule has 5 heteroatoms. The van der Waals surface area contributed by atoms with E-state index in [0.29, 0.717) is 5.75 Å². The Labute approximate surface area is 98.3 Å². The number of rotatable bonds is 4. The Balaban J connectivity index is 2.50. The zero-order chi connectivity index (χ0) is 11.3. The van der Waals surface area contributed by atoms with Crippen molar-refractivity contribution >= 4 is 29.3 Å². The lowest BCUT2D eigenvalue weighted by atomic mass is 10.2. The van der Waals surface area contributed by atoms with Crippen molar-refractivity contribution in [3.05, 3.63) is 34.9 Å². The Morgan fingerprint density at radius 2 is 2.27 bits per heavy atom. The number of amides is 1. The predicted molar refractivity (Wildman–Crippen MR) is 64.5 cm³/mol. The van der Waals surface area contributed by atoms with Crippen LogP contribution in [0.3, 0.4) is 0 Å². The standard InChI is InChI=1S/C10H13ClN2OS/c1-7(10(14)13-12)15-6-8-4-2-3-5-9(8)11/h2-5,7H,6,12H2,1H3,(H,13,14). The molecule has 1 amide bonds. The van der Waals surface area contributed by atoms with Gasteiger partial charge in [-0.2, -0.15) is 0 Å². The molecule has 1 rings (SSSR count). The Hall–Kier alpha value is -0.710. The lowest BCUT2D eigenvalue weighted by molar-refractivity contribution is -0.120. The highest BCUT2D eigenvalue weighted by Crippen LogP contribution is 2.23. The van der Waals surface area contributed by atoms with Crippen LogP contribution in [0.5, 0.6) is 0 Å². The number of nitrogens with two attached hydrogens (primary N) is 1. The fourth-order valence-electron chi connectivity index (χ4n) is 1.02. The van der Waals surface area contributed by atoms with Gasteiger partial charge in [0.1, 0.15) is 0 Å². The second-order valence-corrected chi connectivity index (χ2v) is 4.79. The van der Waals surface area contributed by atoms with Gasteiger partial charge in [-0.3, -0.25) is 10.2 Å². The van der Waals surface area contributed by atoms with Crippen LogP contribution in [0.25, 0.3) is 0 Å². The van der Waals surface area contributed by atoms with E-state index in [1.807, 2.05) is 31.2 Å². The number of halogens is 1. The van der Waals surface area contributed by atoms with Crippen molar-refractivity contribution in [2.45, 2.75) is 17.9 Å². The van der Waals surface area contributed by atoms with Crippen LogP contribution >= 0.6 is 23.4 Å². The summed E-state index contributed by atoms with van der Waals surface area (Å²) in [5.74, 6) is 5.56. The second kappa shape index (κ2) is 6.00. The van der Waals surface area contributed by atoms with Crippen molar-refractivity contribution in [1.82, 2.24) is 5.43 Å². The van der Waals surface area contributed by atoms with Gasteiger partial charge in [0.2, 0.25) is 5.91 Å². The van der Waals surface area contributed by atoms with Crippen molar-refractivity contribution in [3.8, 4) is 0 Å². The van der Waals surface area contributed by atoms with Gasteiger partial charge in [-0.15, -0.1) is 11.8 Å². The molecular formula is C10H13ClN2OS. The molecule has 3 N–H and O–H groups in total. The average molecular weight is 245 g/mol. The van der Waals surface area contributed by atoms with Gasteiger partial charge in [-0.05, 0) is 18.6 Å². The van der Waals surface area contributed by atoms with Gasteiger partial charge < -0.3 is 0 Å². The van der Waals surface area contributed by atoms with E-state index in [-0.39, 0.29) is 11.2 Å². The van der Waals surface area contributed by atoms with Crippen LogP contribution in [0, 0.1) is 0 Å². The van der Waals surface area contributed by atoms with Gasteiger partial charge in [0.15, 0.2) is 0 Å². The number of carbonyl (C=O) groups excluding carboxylic acids is 1. The predicted octanol–water partition coefficient (Wildman–Crippen LogP) is 1.95. The highest BCUT2D eigenvalue weighted by Gasteiger charge is 2.12. The van der Waals surface area contributed by atoms with Gasteiger partial charge >= 0.3 is 0 Å². The Morgan fingerprint density at radius 1 is 1.60 bits per heavy atom. The third-order valence-electron chi connectivity index (χ3n) is 1.96. The number of carbonyl (C=O) groups is 1. The van der Waals surface area contributed by atoms with Crippen LogP contribution in [-0.2, 0) is 10.5 Å². The molecule has 82 valence electrons. The molecule has 0 spiro atoms. The third kappa shape index (κ3) is 3.74. The summed E-state index contributed by atoms with van der Waals surface area (Å²) in [7, 11) is 0. The van der Waals surface area contributed by atoms with Crippen molar-refractivity contribution in [2.75, 3.05) is 0 Å². The Kier molecular flexibility index (Phi) is 4.94. The molecule has 0 saturated carbocycles. The highest BCUT2D eigenvalue weighted by molar-refractivity contribution is 7.99. The summed E-state index contributed by atoms with van der Waals surface area (Å²) in [4.78, 5) is 11.1. The van der Waals surface area contributed by atoms with E-state index >= 15 is 0 Å². The minimum Gasteiger partial charge on any atom is -0.293 e. The van der Waals surface area contributed by atoms with Crippen LogP contribution in [0.15, 0.2) is 24.3 Å². The summed E-state index contributed by atoms with van der Waals surface area (Å²) in [5, 5.41) is 0.552. The van der Waals surface area contributed by atoms with Gasteiger partial charge in [0, 0.05) is 10.8 Å².